The molecular formula is C35H47N7O5S. The molecule has 1 saturated heterocycles. The molecule has 3 atom stereocenters. The first-order chi connectivity index (χ1) is 23.0. The van der Waals surface area contributed by atoms with Crippen LogP contribution in [0.2, 0.25) is 0 Å². The molecule has 0 unspecified atom stereocenters. The van der Waals surface area contributed by atoms with E-state index in [0.717, 1.165) is 5.56 Å². The molecule has 1 aliphatic rings. The largest absolute Gasteiger partial charge is 0.411 e. The Hall–Kier alpha value is -4.36. The fraction of sp³-hybridized carbons (Fsp3) is 0.457. The Bertz CT molecular complexity index is 1610. The topological polar surface area (TPSA) is 148 Å². The van der Waals surface area contributed by atoms with Gasteiger partial charge in [-0.3, -0.25) is 4.79 Å². The lowest BCUT2D eigenvalue weighted by Gasteiger charge is -2.33. The Morgan fingerprint density at radius 2 is 1.79 bits per heavy atom. The summed E-state index contributed by atoms with van der Waals surface area (Å²) in [6, 6.07) is 18.2. The minimum Gasteiger partial charge on any atom is -0.411 e. The summed E-state index contributed by atoms with van der Waals surface area (Å²) in [7, 11) is -3.87. The lowest BCUT2D eigenvalue weighted by molar-refractivity contribution is -0.127. The van der Waals surface area contributed by atoms with E-state index in [-0.39, 0.29) is 35.2 Å². The molecule has 1 fully saturated rings. The quantitative estimate of drug-likeness (QED) is 0.122. The maximum Gasteiger partial charge on any atom is 0.321 e. The van der Waals surface area contributed by atoms with E-state index < -0.39 is 22.1 Å². The van der Waals surface area contributed by atoms with E-state index in [1.165, 1.54) is 22.7 Å². The number of amides is 3. The van der Waals surface area contributed by atoms with Gasteiger partial charge in [0.25, 0.3) is 0 Å². The zero-order chi connectivity index (χ0) is 34.7. The molecule has 48 heavy (non-hydrogen) atoms. The Labute approximate surface area is 283 Å². The highest BCUT2D eigenvalue weighted by Gasteiger charge is 2.40. The van der Waals surface area contributed by atoms with Crippen LogP contribution in [0.15, 0.2) is 83.0 Å². The van der Waals surface area contributed by atoms with E-state index >= 15 is 0 Å². The zero-order valence-electron chi connectivity index (χ0n) is 28.1. The van der Waals surface area contributed by atoms with Gasteiger partial charge in [0.2, 0.25) is 15.9 Å². The Balaban J connectivity index is 1.55. The van der Waals surface area contributed by atoms with Crippen LogP contribution in [0.4, 0.5) is 4.79 Å². The third-order valence-corrected chi connectivity index (χ3v) is 10.5. The average Bonchev–Trinajstić information content (AvgIpc) is 3.42. The van der Waals surface area contributed by atoms with Crippen LogP contribution >= 0.6 is 0 Å². The van der Waals surface area contributed by atoms with Crippen LogP contribution in [0.1, 0.15) is 57.4 Å². The lowest BCUT2D eigenvalue weighted by atomic mass is 9.95. The zero-order valence-corrected chi connectivity index (χ0v) is 29.0. The fourth-order valence-corrected chi connectivity index (χ4v) is 7.54. The molecule has 3 aromatic rings. The van der Waals surface area contributed by atoms with E-state index in [9.17, 15) is 18.0 Å². The van der Waals surface area contributed by atoms with Crippen molar-refractivity contribution >= 4 is 28.2 Å². The van der Waals surface area contributed by atoms with Crippen LogP contribution < -0.4 is 5.32 Å². The molecule has 258 valence electrons. The first-order valence-electron chi connectivity index (χ1n) is 16.5. The first-order valence-corrected chi connectivity index (χ1v) is 17.9. The summed E-state index contributed by atoms with van der Waals surface area (Å²) >= 11 is 0. The number of benzene rings is 2. The number of nitrogens with one attached hydrogen (secondary N) is 1. The van der Waals surface area contributed by atoms with Crippen molar-refractivity contribution in [2.45, 2.75) is 70.5 Å². The van der Waals surface area contributed by atoms with E-state index in [1.807, 2.05) is 64.1 Å². The molecule has 12 nitrogen and oxygen atoms in total. The monoisotopic (exact) mass is 677 g/mol. The first kappa shape index (κ1) is 36.5. The van der Waals surface area contributed by atoms with Gasteiger partial charge in [-0.15, -0.1) is 0 Å². The van der Waals surface area contributed by atoms with Gasteiger partial charge in [0, 0.05) is 38.4 Å². The predicted octanol–water partition coefficient (Wildman–Crippen LogP) is 4.40. The van der Waals surface area contributed by atoms with Gasteiger partial charge in [0.15, 0.2) is 0 Å². The van der Waals surface area contributed by atoms with E-state index in [4.69, 9.17) is 5.21 Å². The Morgan fingerprint density at radius 1 is 1.06 bits per heavy atom. The summed E-state index contributed by atoms with van der Waals surface area (Å²) in [5.41, 5.74) is 2.26. The minimum absolute atomic E-state index is 0.0588. The van der Waals surface area contributed by atoms with Gasteiger partial charge in [-0.05, 0) is 60.1 Å². The van der Waals surface area contributed by atoms with E-state index in [0.29, 0.717) is 56.7 Å². The minimum atomic E-state index is -3.87. The molecule has 4 rings (SSSR count). The van der Waals surface area contributed by atoms with E-state index in [2.05, 4.69) is 20.7 Å². The van der Waals surface area contributed by atoms with Crippen LogP contribution in [-0.4, -0.2) is 94.3 Å². The molecular weight excluding hydrogens is 630 g/mol. The van der Waals surface area contributed by atoms with Crippen molar-refractivity contribution in [2.75, 3.05) is 26.2 Å². The normalized spacial score (nSPS) is 15.8. The summed E-state index contributed by atoms with van der Waals surface area (Å²) in [4.78, 5) is 31.2. The number of hydrogen-bond donors (Lipinski definition) is 2. The number of urea groups is 1. The van der Waals surface area contributed by atoms with Gasteiger partial charge in [0.05, 0.1) is 23.3 Å². The molecule has 0 radical (unpaired) electrons. The van der Waals surface area contributed by atoms with Gasteiger partial charge >= 0.3 is 6.03 Å². The highest BCUT2D eigenvalue weighted by Crippen LogP contribution is 2.23. The SMILES string of the molecule is CC[C@H](C)[C@H](C(=O)N[C@H](CCN(CC(C)C)S(=O)(=O)c1ccc(/C=N/O)cc1)Cc1ccccc1)N1CCN(Cc2cccnn2)C1=O. The molecule has 0 bridgehead atoms. The van der Waals surface area contributed by atoms with Gasteiger partial charge in [-0.2, -0.15) is 14.5 Å². The van der Waals surface area contributed by atoms with Crippen molar-refractivity contribution in [3.05, 3.63) is 89.7 Å². The third-order valence-electron chi connectivity index (χ3n) is 8.59. The third kappa shape index (κ3) is 9.60. The van der Waals surface area contributed by atoms with Gasteiger partial charge in [-0.25, -0.2) is 13.2 Å². The van der Waals surface area contributed by atoms with Crippen molar-refractivity contribution < 1.29 is 23.2 Å². The van der Waals surface area contributed by atoms with Crippen LogP contribution in [0, 0.1) is 11.8 Å². The van der Waals surface area contributed by atoms with Crippen LogP contribution in [0.5, 0.6) is 0 Å². The number of aromatic nitrogens is 2. The van der Waals surface area contributed by atoms with Gasteiger partial charge in [-0.1, -0.05) is 81.7 Å². The van der Waals surface area contributed by atoms with Crippen LogP contribution in [0.3, 0.4) is 0 Å². The highest BCUT2D eigenvalue weighted by molar-refractivity contribution is 7.89. The number of carbonyl (C=O) groups excluding carboxylic acids is 2. The summed E-state index contributed by atoms with van der Waals surface area (Å²) in [6.07, 6.45) is 4.37. The highest BCUT2D eigenvalue weighted by atomic mass is 32.2. The molecule has 1 aliphatic heterocycles. The summed E-state index contributed by atoms with van der Waals surface area (Å²) in [6.45, 7) is 9.58. The second-order valence-electron chi connectivity index (χ2n) is 12.7. The standard InChI is InChI=1S/C35H47N7O5S/c1-5-27(4)33(42-21-20-40(35(42)44)25-31-12-9-18-36-39-31)34(43)38-30(22-28-10-7-6-8-11-28)17-19-41(24-26(2)3)48(46,47)32-15-13-29(14-16-32)23-37-45/h6-16,18,23,26-27,30,33,45H,5,17,19-22,24-25H2,1-4H3,(H,38,43)/b37-23+/t27-,30+,33+/m0/s1. The van der Waals surface area contributed by atoms with E-state index in [1.54, 1.807) is 34.2 Å². The van der Waals surface area contributed by atoms with Gasteiger partial charge in [0.1, 0.15) is 6.04 Å². The molecule has 2 N–H and O–H groups in total. The summed E-state index contributed by atoms with van der Waals surface area (Å²) in [5, 5.41) is 23.1. The van der Waals surface area contributed by atoms with Gasteiger partial charge < -0.3 is 20.3 Å². The smallest absolute Gasteiger partial charge is 0.321 e. The number of hydrogen-bond acceptors (Lipinski definition) is 8. The lowest BCUT2D eigenvalue weighted by Crippen LogP contribution is -2.54. The van der Waals surface area contributed by atoms with Crippen LogP contribution in [-0.2, 0) is 27.8 Å². The summed E-state index contributed by atoms with van der Waals surface area (Å²) in [5.74, 6) is -0.303. The van der Waals surface area contributed by atoms with Crippen molar-refractivity contribution in [1.29, 1.82) is 0 Å². The molecule has 2 heterocycles. The predicted molar refractivity (Wildman–Crippen MR) is 184 cm³/mol. The fourth-order valence-electron chi connectivity index (χ4n) is 5.92. The maximum absolute atomic E-state index is 14.2. The molecule has 3 amide bonds. The van der Waals surface area contributed by atoms with Crippen molar-refractivity contribution in [1.82, 2.24) is 29.6 Å². The number of sulfonamides is 1. The number of carbonyl (C=O) groups is 2. The van der Waals surface area contributed by atoms with Crippen molar-refractivity contribution in [3.63, 3.8) is 0 Å². The maximum atomic E-state index is 14.2. The second-order valence-corrected chi connectivity index (χ2v) is 14.6. The van der Waals surface area contributed by atoms with Crippen LogP contribution in [0.25, 0.3) is 0 Å². The molecule has 2 aromatic carbocycles. The average molecular weight is 678 g/mol. The molecule has 13 heteroatoms. The molecule has 1 aromatic heterocycles. The number of nitrogens with zero attached hydrogens (tertiary/aromatic N) is 6. The molecule has 0 aliphatic carbocycles. The van der Waals surface area contributed by atoms with Crippen molar-refractivity contribution in [3.8, 4) is 0 Å². The summed E-state index contributed by atoms with van der Waals surface area (Å²) < 4.78 is 29.1. The number of oxime groups is 1. The molecule has 0 spiro atoms. The molecule has 0 saturated carbocycles. The Morgan fingerprint density at radius 3 is 2.42 bits per heavy atom. The second kappa shape index (κ2) is 17.2. The van der Waals surface area contributed by atoms with Crippen molar-refractivity contribution in [2.24, 2.45) is 17.0 Å². The number of rotatable bonds is 17. The Kier molecular flexibility index (Phi) is 13.0.